The van der Waals surface area contributed by atoms with Crippen molar-refractivity contribution in [2.75, 3.05) is 13.7 Å². The molecule has 0 aliphatic rings. The molecule has 0 atom stereocenters. The highest BCUT2D eigenvalue weighted by Gasteiger charge is 2.11. The Hall–Kier alpha value is -0.800. The van der Waals surface area contributed by atoms with E-state index < -0.39 is 5.82 Å². The first-order chi connectivity index (χ1) is 6.20. The molecule has 0 spiro atoms. The summed E-state index contributed by atoms with van der Waals surface area (Å²) in [6, 6.07) is 3.01. The summed E-state index contributed by atoms with van der Waals surface area (Å²) in [5.41, 5.74) is 0.317. The maximum Gasteiger partial charge on any atom is 0.148 e. The number of hydrogen-bond donors (Lipinski definition) is 1. The van der Waals surface area contributed by atoms with Gasteiger partial charge in [-0.1, -0.05) is 11.6 Å². The van der Waals surface area contributed by atoms with E-state index in [9.17, 15) is 4.39 Å². The lowest BCUT2D eigenvalue weighted by atomic mass is 10.1. The molecule has 0 bridgehead atoms. The van der Waals surface area contributed by atoms with Gasteiger partial charge in [0.1, 0.15) is 11.6 Å². The van der Waals surface area contributed by atoms with Crippen LogP contribution in [0.5, 0.6) is 5.75 Å². The second-order valence-electron chi connectivity index (χ2n) is 2.52. The van der Waals surface area contributed by atoms with Crippen LogP contribution in [0.25, 0.3) is 0 Å². The summed E-state index contributed by atoms with van der Waals surface area (Å²) in [5, 5.41) is 8.74. The first-order valence-corrected chi connectivity index (χ1v) is 4.20. The number of benzene rings is 1. The van der Waals surface area contributed by atoms with Crippen LogP contribution in [0.3, 0.4) is 0 Å². The molecular weight excluding hydrogens is 195 g/mol. The molecule has 13 heavy (non-hydrogen) atoms. The van der Waals surface area contributed by atoms with Gasteiger partial charge >= 0.3 is 0 Å². The number of methoxy groups -OCH3 is 1. The molecule has 0 unspecified atom stereocenters. The third-order valence-electron chi connectivity index (χ3n) is 1.73. The molecule has 0 radical (unpaired) electrons. The van der Waals surface area contributed by atoms with Gasteiger partial charge in [0.05, 0.1) is 12.1 Å². The molecule has 0 fully saturated rings. The van der Waals surface area contributed by atoms with Gasteiger partial charge in [0.2, 0.25) is 0 Å². The predicted octanol–water partition coefficient (Wildman–Crippen LogP) is 2.02. The Kier molecular flexibility index (Phi) is 3.51. The zero-order valence-corrected chi connectivity index (χ0v) is 7.94. The topological polar surface area (TPSA) is 29.5 Å². The maximum atomic E-state index is 13.3. The quantitative estimate of drug-likeness (QED) is 0.817. The lowest BCUT2D eigenvalue weighted by Crippen LogP contribution is -1.99. The Morgan fingerprint density at radius 1 is 1.54 bits per heavy atom. The molecule has 0 aliphatic heterocycles. The van der Waals surface area contributed by atoms with Gasteiger partial charge in [-0.25, -0.2) is 4.39 Å². The summed E-state index contributed by atoms with van der Waals surface area (Å²) < 4.78 is 18.2. The standard InChI is InChI=1S/C9H10ClFO2/c1-13-8-3-2-7(10)9(11)6(8)4-5-12/h2-3,12H,4-5H2,1H3. The van der Waals surface area contributed by atoms with E-state index in [0.29, 0.717) is 11.3 Å². The van der Waals surface area contributed by atoms with E-state index in [0.717, 1.165) is 0 Å². The number of ether oxygens (including phenoxy) is 1. The monoisotopic (exact) mass is 204 g/mol. The molecule has 0 heterocycles. The zero-order valence-electron chi connectivity index (χ0n) is 7.18. The van der Waals surface area contributed by atoms with Crippen LogP contribution in [0.2, 0.25) is 5.02 Å². The molecule has 0 amide bonds. The van der Waals surface area contributed by atoms with Crippen LogP contribution >= 0.6 is 11.6 Å². The number of aliphatic hydroxyl groups is 1. The molecule has 0 aromatic heterocycles. The number of rotatable bonds is 3. The Labute approximate surface area is 80.9 Å². The van der Waals surface area contributed by atoms with Crippen molar-refractivity contribution in [2.24, 2.45) is 0 Å². The van der Waals surface area contributed by atoms with Crippen LogP contribution < -0.4 is 4.74 Å². The van der Waals surface area contributed by atoms with E-state index in [4.69, 9.17) is 21.4 Å². The molecular formula is C9H10ClFO2. The zero-order chi connectivity index (χ0) is 9.84. The molecule has 4 heteroatoms. The molecule has 1 aromatic carbocycles. The van der Waals surface area contributed by atoms with E-state index in [2.05, 4.69) is 0 Å². The van der Waals surface area contributed by atoms with Crippen molar-refractivity contribution in [3.05, 3.63) is 28.5 Å². The minimum absolute atomic E-state index is 0.0456. The smallest absolute Gasteiger partial charge is 0.148 e. The highest BCUT2D eigenvalue weighted by atomic mass is 35.5. The first kappa shape index (κ1) is 10.3. The fraction of sp³-hybridized carbons (Fsp3) is 0.333. The molecule has 1 N–H and O–H groups in total. The highest BCUT2D eigenvalue weighted by molar-refractivity contribution is 6.30. The summed E-state index contributed by atoms with van der Waals surface area (Å²) in [6.07, 6.45) is 0.204. The third-order valence-corrected chi connectivity index (χ3v) is 2.03. The van der Waals surface area contributed by atoms with Crippen molar-refractivity contribution in [3.8, 4) is 5.75 Å². The Morgan fingerprint density at radius 3 is 2.77 bits per heavy atom. The second-order valence-corrected chi connectivity index (χ2v) is 2.92. The summed E-state index contributed by atoms with van der Waals surface area (Å²) in [7, 11) is 1.45. The van der Waals surface area contributed by atoms with Crippen molar-refractivity contribution >= 4 is 11.6 Å². The SMILES string of the molecule is COc1ccc(Cl)c(F)c1CCO. The average Bonchev–Trinajstić information content (AvgIpc) is 2.14. The van der Waals surface area contributed by atoms with Gasteiger partial charge < -0.3 is 9.84 Å². The van der Waals surface area contributed by atoms with Crippen LogP contribution in [0.4, 0.5) is 4.39 Å². The van der Waals surface area contributed by atoms with E-state index in [1.807, 2.05) is 0 Å². The molecule has 0 saturated carbocycles. The molecule has 0 saturated heterocycles. The van der Waals surface area contributed by atoms with Crippen molar-refractivity contribution in [1.29, 1.82) is 0 Å². The van der Waals surface area contributed by atoms with Gasteiger partial charge in [-0.05, 0) is 12.1 Å². The van der Waals surface area contributed by atoms with Crippen LogP contribution in [-0.2, 0) is 6.42 Å². The summed E-state index contributed by atoms with van der Waals surface area (Å²) in [4.78, 5) is 0. The average molecular weight is 205 g/mol. The highest BCUT2D eigenvalue weighted by Crippen LogP contribution is 2.27. The lowest BCUT2D eigenvalue weighted by molar-refractivity contribution is 0.294. The van der Waals surface area contributed by atoms with Gasteiger partial charge in [-0.15, -0.1) is 0 Å². The molecule has 1 aromatic rings. The van der Waals surface area contributed by atoms with E-state index in [-0.39, 0.29) is 18.1 Å². The Morgan fingerprint density at radius 2 is 2.23 bits per heavy atom. The van der Waals surface area contributed by atoms with Crippen molar-refractivity contribution in [2.45, 2.75) is 6.42 Å². The summed E-state index contributed by atoms with van der Waals surface area (Å²) >= 11 is 5.57. The van der Waals surface area contributed by atoms with Crippen LogP contribution in [0, 0.1) is 5.82 Å². The minimum atomic E-state index is -0.518. The second kappa shape index (κ2) is 4.44. The minimum Gasteiger partial charge on any atom is -0.496 e. The fourth-order valence-electron chi connectivity index (χ4n) is 1.11. The fourth-order valence-corrected chi connectivity index (χ4v) is 1.29. The van der Waals surface area contributed by atoms with Gasteiger partial charge in [-0.3, -0.25) is 0 Å². The third kappa shape index (κ3) is 2.11. The van der Waals surface area contributed by atoms with E-state index >= 15 is 0 Å². The van der Waals surface area contributed by atoms with Crippen LogP contribution in [0.1, 0.15) is 5.56 Å². The molecule has 1 rings (SSSR count). The molecule has 72 valence electrons. The summed E-state index contributed by atoms with van der Waals surface area (Å²) in [5.74, 6) is -0.106. The number of halogens is 2. The Balaban J connectivity index is 3.15. The van der Waals surface area contributed by atoms with Gasteiger partial charge in [0.15, 0.2) is 0 Å². The van der Waals surface area contributed by atoms with E-state index in [1.54, 1.807) is 6.07 Å². The van der Waals surface area contributed by atoms with Crippen molar-refractivity contribution in [1.82, 2.24) is 0 Å². The molecule has 0 aliphatic carbocycles. The van der Waals surface area contributed by atoms with Gasteiger partial charge in [0, 0.05) is 18.6 Å². The summed E-state index contributed by atoms with van der Waals surface area (Å²) in [6.45, 7) is -0.131. The van der Waals surface area contributed by atoms with Gasteiger partial charge in [0.25, 0.3) is 0 Å². The normalized spacial score (nSPS) is 10.2. The number of aliphatic hydroxyl groups excluding tert-OH is 1. The predicted molar refractivity (Wildman–Crippen MR) is 48.8 cm³/mol. The van der Waals surface area contributed by atoms with Gasteiger partial charge in [-0.2, -0.15) is 0 Å². The maximum absolute atomic E-state index is 13.3. The lowest BCUT2D eigenvalue weighted by Gasteiger charge is -2.08. The Bertz CT molecular complexity index is 302. The van der Waals surface area contributed by atoms with Crippen LogP contribution in [-0.4, -0.2) is 18.8 Å². The van der Waals surface area contributed by atoms with Crippen molar-refractivity contribution < 1.29 is 14.2 Å². The van der Waals surface area contributed by atoms with Crippen LogP contribution in [0.15, 0.2) is 12.1 Å². The largest absolute Gasteiger partial charge is 0.496 e. The van der Waals surface area contributed by atoms with Crippen molar-refractivity contribution in [3.63, 3.8) is 0 Å². The van der Waals surface area contributed by atoms with E-state index in [1.165, 1.54) is 13.2 Å². The number of hydrogen-bond acceptors (Lipinski definition) is 2. The molecule has 2 nitrogen and oxygen atoms in total. The first-order valence-electron chi connectivity index (χ1n) is 3.82.